The van der Waals surface area contributed by atoms with Crippen molar-refractivity contribution in [3.63, 3.8) is 0 Å². The number of Topliss-reactive ketones (excluding diaryl/α,β-unsaturated/α-hetero) is 1. The predicted octanol–water partition coefficient (Wildman–Crippen LogP) is 1.24. The molecule has 0 fully saturated rings. The second-order valence-electron chi connectivity index (χ2n) is 2.87. The summed E-state index contributed by atoms with van der Waals surface area (Å²) in [6.45, 7) is -0.00737. The maximum atomic E-state index is 13.1. The maximum absolute atomic E-state index is 13.1. The number of rotatable bonds is 4. The van der Waals surface area contributed by atoms with E-state index in [1.807, 2.05) is 0 Å². The Morgan fingerprint density at radius 3 is 2.67 bits per heavy atom. The highest BCUT2D eigenvalue weighted by Crippen LogP contribution is 2.12. The molecule has 0 saturated carbocycles. The Morgan fingerprint density at radius 2 is 2.13 bits per heavy atom. The molecule has 15 heavy (non-hydrogen) atoms. The Bertz CT molecular complexity index is 400. The summed E-state index contributed by atoms with van der Waals surface area (Å²) < 4.78 is 17.8. The summed E-state index contributed by atoms with van der Waals surface area (Å²) in [6.07, 6.45) is 0. The number of ether oxygens (including phenoxy) is 1. The van der Waals surface area contributed by atoms with Crippen molar-refractivity contribution in [2.24, 2.45) is 0 Å². The van der Waals surface area contributed by atoms with Crippen LogP contribution in [0.5, 0.6) is 0 Å². The highest BCUT2D eigenvalue weighted by atomic mass is 19.1. The molecule has 0 bridgehead atoms. The monoisotopic (exact) mass is 212 g/mol. The van der Waals surface area contributed by atoms with E-state index >= 15 is 0 Å². The molecule has 5 heteroatoms. The lowest BCUT2D eigenvalue weighted by molar-refractivity contribution is -0.131. The zero-order valence-electron chi connectivity index (χ0n) is 7.99. The highest BCUT2D eigenvalue weighted by Gasteiger charge is 2.16. The number of hydrogen-bond donors (Lipinski definition) is 1. The summed E-state index contributed by atoms with van der Waals surface area (Å²) in [5.41, 5.74) is 0.0977. The molecule has 1 aromatic carbocycles. The van der Waals surface area contributed by atoms with E-state index in [2.05, 4.69) is 0 Å². The lowest BCUT2D eigenvalue weighted by Gasteiger charge is -2.03. The van der Waals surface area contributed by atoms with Crippen LogP contribution in [0, 0.1) is 5.82 Å². The summed E-state index contributed by atoms with van der Waals surface area (Å²) in [5.74, 6) is -3.16. The molecule has 0 unspecified atom stereocenters. The number of halogens is 1. The first-order valence-corrected chi connectivity index (χ1v) is 4.11. The lowest BCUT2D eigenvalue weighted by atomic mass is 10.1. The van der Waals surface area contributed by atoms with E-state index in [0.717, 1.165) is 12.1 Å². The molecule has 0 heterocycles. The molecule has 0 aliphatic carbocycles. The third kappa shape index (κ3) is 2.60. The second kappa shape index (κ2) is 4.65. The van der Waals surface area contributed by atoms with E-state index < -0.39 is 17.6 Å². The van der Waals surface area contributed by atoms with Crippen LogP contribution in [0.3, 0.4) is 0 Å². The van der Waals surface area contributed by atoms with Gasteiger partial charge in [0, 0.05) is 18.2 Å². The molecular weight excluding hydrogens is 203 g/mol. The van der Waals surface area contributed by atoms with Gasteiger partial charge in [-0.25, -0.2) is 9.18 Å². The van der Waals surface area contributed by atoms with E-state index in [4.69, 9.17) is 9.84 Å². The summed E-state index contributed by atoms with van der Waals surface area (Å²) >= 11 is 0. The van der Waals surface area contributed by atoms with Crippen LogP contribution in [0.4, 0.5) is 4.39 Å². The van der Waals surface area contributed by atoms with Crippen molar-refractivity contribution >= 4 is 11.8 Å². The Hall–Kier alpha value is -1.75. The fraction of sp³-hybridized carbons (Fsp3) is 0.200. The second-order valence-corrected chi connectivity index (χ2v) is 2.87. The maximum Gasteiger partial charge on any atom is 0.377 e. The van der Waals surface area contributed by atoms with Crippen molar-refractivity contribution in [1.29, 1.82) is 0 Å². The number of ketones is 1. The Balaban J connectivity index is 3.07. The molecule has 0 saturated heterocycles. The van der Waals surface area contributed by atoms with Crippen molar-refractivity contribution in [3.8, 4) is 0 Å². The quantitative estimate of drug-likeness (QED) is 0.602. The number of carboxylic acids is 1. The molecule has 80 valence electrons. The summed E-state index contributed by atoms with van der Waals surface area (Å²) in [4.78, 5) is 21.4. The molecule has 1 rings (SSSR count). The molecular formula is C10H9FO4. The van der Waals surface area contributed by atoms with Gasteiger partial charge in [-0.2, -0.15) is 0 Å². The van der Waals surface area contributed by atoms with Gasteiger partial charge in [0.15, 0.2) is 0 Å². The topological polar surface area (TPSA) is 63.6 Å². The number of benzene rings is 1. The largest absolute Gasteiger partial charge is 0.475 e. The minimum absolute atomic E-state index is 0.00737. The first-order valence-electron chi connectivity index (χ1n) is 4.11. The van der Waals surface area contributed by atoms with Gasteiger partial charge in [0.1, 0.15) is 5.82 Å². The average molecular weight is 212 g/mol. The van der Waals surface area contributed by atoms with Crippen LogP contribution in [-0.4, -0.2) is 24.0 Å². The Morgan fingerprint density at radius 1 is 1.47 bits per heavy atom. The summed E-state index contributed by atoms with van der Waals surface area (Å²) in [7, 11) is 1.38. The SMILES string of the molecule is COCc1cc(C(=O)C(=O)O)ccc1F. The standard InChI is InChI=1S/C10H9FO4/c1-15-5-7-4-6(2-3-8(7)11)9(12)10(13)14/h2-4H,5H2,1H3,(H,13,14). The normalized spacial score (nSPS) is 10.0. The zero-order chi connectivity index (χ0) is 11.4. The van der Waals surface area contributed by atoms with Crippen LogP contribution in [-0.2, 0) is 16.1 Å². The number of hydrogen-bond acceptors (Lipinski definition) is 3. The first kappa shape index (κ1) is 11.3. The van der Waals surface area contributed by atoms with Crippen LogP contribution in [0.1, 0.15) is 15.9 Å². The van der Waals surface area contributed by atoms with Gasteiger partial charge in [0.2, 0.25) is 0 Å². The summed E-state index contributed by atoms with van der Waals surface area (Å²) in [5, 5.41) is 8.45. The molecule has 0 amide bonds. The van der Waals surface area contributed by atoms with Crippen LogP contribution >= 0.6 is 0 Å². The fourth-order valence-corrected chi connectivity index (χ4v) is 1.11. The molecule has 0 aromatic heterocycles. The van der Waals surface area contributed by atoms with Gasteiger partial charge in [-0.3, -0.25) is 4.79 Å². The highest BCUT2D eigenvalue weighted by molar-refractivity contribution is 6.39. The van der Waals surface area contributed by atoms with Crippen molar-refractivity contribution in [2.75, 3.05) is 7.11 Å². The van der Waals surface area contributed by atoms with Gasteiger partial charge in [0.25, 0.3) is 5.78 Å². The molecule has 0 aliphatic rings. The number of carboxylic acid groups (broad SMARTS) is 1. The smallest absolute Gasteiger partial charge is 0.377 e. The third-order valence-corrected chi connectivity index (χ3v) is 1.80. The van der Waals surface area contributed by atoms with Crippen molar-refractivity contribution in [1.82, 2.24) is 0 Å². The molecule has 0 radical (unpaired) electrons. The Kier molecular flexibility index (Phi) is 3.51. The van der Waals surface area contributed by atoms with Crippen molar-refractivity contribution in [2.45, 2.75) is 6.61 Å². The molecule has 1 aromatic rings. The van der Waals surface area contributed by atoms with E-state index in [0.29, 0.717) is 0 Å². The molecule has 4 nitrogen and oxygen atoms in total. The van der Waals surface area contributed by atoms with Gasteiger partial charge in [-0.05, 0) is 18.2 Å². The average Bonchev–Trinajstić information content (AvgIpc) is 2.20. The van der Waals surface area contributed by atoms with Crippen molar-refractivity contribution < 1.29 is 23.8 Å². The predicted molar refractivity (Wildman–Crippen MR) is 49.1 cm³/mol. The van der Waals surface area contributed by atoms with Gasteiger partial charge >= 0.3 is 5.97 Å². The Labute approximate surface area is 85.3 Å². The summed E-state index contributed by atoms with van der Waals surface area (Å²) in [6, 6.07) is 3.35. The van der Waals surface area contributed by atoms with Gasteiger partial charge in [0.05, 0.1) is 6.61 Å². The first-order chi connectivity index (χ1) is 7.06. The number of carbonyl (C=O) groups excluding carboxylic acids is 1. The minimum atomic E-state index is -1.56. The van der Waals surface area contributed by atoms with Gasteiger partial charge in [-0.15, -0.1) is 0 Å². The lowest BCUT2D eigenvalue weighted by Crippen LogP contribution is -2.13. The minimum Gasteiger partial charge on any atom is -0.475 e. The van der Waals surface area contributed by atoms with Crippen LogP contribution in [0.25, 0.3) is 0 Å². The molecule has 0 atom stereocenters. The van der Waals surface area contributed by atoms with Gasteiger partial charge in [-0.1, -0.05) is 0 Å². The molecule has 0 spiro atoms. The van der Waals surface area contributed by atoms with Crippen molar-refractivity contribution in [3.05, 3.63) is 35.1 Å². The van der Waals surface area contributed by atoms with Crippen LogP contribution in [0.15, 0.2) is 18.2 Å². The number of carbonyl (C=O) groups is 2. The zero-order valence-corrected chi connectivity index (χ0v) is 7.99. The molecule has 1 N–H and O–H groups in total. The van der Waals surface area contributed by atoms with E-state index in [1.54, 1.807) is 0 Å². The van der Waals surface area contributed by atoms with Crippen LogP contribution in [0.2, 0.25) is 0 Å². The fourth-order valence-electron chi connectivity index (χ4n) is 1.11. The van der Waals surface area contributed by atoms with E-state index in [-0.39, 0.29) is 17.7 Å². The number of methoxy groups -OCH3 is 1. The molecule has 0 aliphatic heterocycles. The van der Waals surface area contributed by atoms with E-state index in [9.17, 15) is 14.0 Å². The third-order valence-electron chi connectivity index (χ3n) is 1.80. The number of aliphatic carboxylic acids is 1. The van der Waals surface area contributed by atoms with Gasteiger partial charge < -0.3 is 9.84 Å². The van der Waals surface area contributed by atoms with Crippen LogP contribution < -0.4 is 0 Å². The van der Waals surface area contributed by atoms with E-state index in [1.165, 1.54) is 13.2 Å².